The summed E-state index contributed by atoms with van der Waals surface area (Å²) in [6.45, 7) is 5.17. The molecule has 0 aliphatic rings. The standard InChI is InChI=1S/C24H26N4O3S/c1-18-13-19(2)24(20(3)14-18)32(30,31)28(16-22-7-5-4-6-8-22)17-23(29)27-26-15-21-9-11-25-12-10-21/h4-15H,16-17H2,1-3H3,(H,27,29)/b26-15-. The number of pyridine rings is 1. The highest BCUT2D eigenvalue weighted by Crippen LogP contribution is 2.26. The van der Waals surface area contributed by atoms with E-state index in [1.807, 2.05) is 49.4 Å². The van der Waals surface area contributed by atoms with Crippen LogP contribution in [-0.4, -0.2) is 36.4 Å². The van der Waals surface area contributed by atoms with Gasteiger partial charge in [-0.15, -0.1) is 0 Å². The minimum atomic E-state index is -3.94. The number of hydrogen-bond donors (Lipinski definition) is 1. The summed E-state index contributed by atoms with van der Waals surface area (Å²) in [6.07, 6.45) is 4.71. The van der Waals surface area contributed by atoms with Gasteiger partial charge in [0.15, 0.2) is 0 Å². The first kappa shape index (κ1) is 23.3. The Morgan fingerprint density at radius 3 is 2.28 bits per heavy atom. The Bertz CT molecular complexity index is 1190. The van der Waals surface area contributed by atoms with E-state index in [1.165, 1.54) is 10.5 Å². The molecular formula is C24H26N4O3S. The van der Waals surface area contributed by atoms with E-state index >= 15 is 0 Å². The molecule has 2 aromatic carbocycles. The zero-order valence-electron chi connectivity index (χ0n) is 18.3. The van der Waals surface area contributed by atoms with Gasteiger partial charge >= 0.3 is 0 Å². The number of rotatable bonds is 8. The molecule has 0 bridgehead atoms. The van der Waals surface area contributed by atoms with Crippen LogP contribution in [-0.2, 0) is 21.4 Å². The Morgan fingerprint density at radius 2 is 1.66 bits per heavy atom. The van der Waals surface area contributed by atoms with E-state index in [2.05, 4.69) is 15.5 Å². The molecule has 0 spiro atoms. The average Bonchev–Trinajstić information content (AvgIpc) is 2.74. The molecule has 1 heterocycles. The number of carbonyl (C=O) groups excluding carboxylic acids is 1. The summed E-state index contributed by atoms with van der Waals surface area (Å²) in [5, 5.41) is 3.93. The van der Waals surface area contributed by atoms with Crippen LogP contribution < -0.4 is 5.43 Å². The molecule has 3 aromatic rings. The van der Waals surface area contributed by atoms with Gasteiger partial charge in [-0.05, 0) is 55.2 Å². The summed E-state index contributed by atoms with van der Waals surface area (Å²) in [5.41, 5.74) is 6.24. The van der Waals surface area contributed by atoms with Gasteiger partial charge in [-0.25, -0.2) is 13.8 Å². The number of benzene rings is 2. The molecule has 3 rings (SSSR count). The van der Waals surface area contributed by atoms with Crippen molar-refractivity contribution in [3.63, 3.8) is 0 Å². The summed E-state index contributed by atoms with van der Waals surface area (Å²) in [5.74, 6) is -0.530. The molecule has 7 nitrogen and oxygen atoms in total. The van der Waals surface area contributed by atoms with Crippen LogP contribution in [0.5, 0.6) is 0 Å². The monoisotopic (exact) mass is 450 g/mol. The van der Waals surface area contributed by atoms with E-state index in [0.29, 0.717) is 11.1 Å². The molecule has 0 radical (unpaired) electrons. The molecule has 166 valence electrons. The highest BCUT2D eigenvalue weighted by molar-refractivity contribution is 7.89. The van der Waals surface area contributed by atoms with Crippen LogP contribution in [0.1, 0.15) is 27.8 Å². The van der Waals surface area contributed by atoms with Crippen LogP contribution in [0.25, 0.3) is 0 Å². The average molecular weight is 451 g/mol. The van der Waals surface area contributed by atoms with Crippen molar-refractivity contribution in [2.45, 2.75) is 32.2 Å². The number of amides is 1. The lowest BCUT2D eigenvalue weighted by Crippen LogP contribution is -2.39. The van der Waals surface area contributed by atoms with Gasteiger partial charge in [-0.3, -0.25) is 9.78 Å². The highest BCUT2D eigenvalue weighted by atomic mass is 32.2. The van der Waals surface area contributed by atoms with E-state index in [0.717, 1.165) is 16.7 Å². The molecule has 0 saturated carbocycles. The maximum absolute atomic E-state index is 13.6. The van der Waals surface area contributed by atoms with E-state index < -0.39 is 15.9 Å². The summed E-state index contributed by atoms with van der Waals surface area (Å²) >= 11 is 0. The summed E-state index contributed by atoms with van der Waals surface area (Å²) in [4.78, 5) is 16.7. The molecule has 32 heavy (non-hydrogen) atoms. The number of sulfonamides is 1. The van der Waals surface area contributed by atoms with Crippen LogP contribution in [0, 0.1) is 20.8 Å². The lowest BCUT2D eigenvalue weighted by molar-refractivity contribution is -0.121. The van der Waals surface area contributed by atoms with Crippen LogP contribution >= 0.6 is 0 Å². The predicted octanol–water partition coefficient (Wildman–Crippen LogP) is 3.35. The molecule has 0 unspecified atom stereocenters. The van der Waals surface area contributed by atoms with E-state index in [-0.39, 0.29) is 18.0 Å². The zero-order valence-corrected chi connectivity index (χ0v) is 19.1. The first-order valence-corrected chi connectivity index (χ1v) is 11.6. The second-order valence-electron chi connectivity index (χ2n) is 7.56. The molecule has 0 aliphatic heterocycles. The summed E-state index contributed by atoms with van der Waals surface area (Å²) in [7, 11) is -3.94. The Labute approximate surface area is 188 Å². The molecule has 0 atom stereocenters. The molecule has 1 amide bonds. The second-order valence-corrected chi connectivity index (χ2v) is 9.44. The Morgan fingerprint density at radius 1 is 1.03 bits per heavy atom. The Balaban J connectivity index is 1.87. The van der Waals surface area contributed by atoms with Crippen molar-refractivity contribution >= 4 is 22.1 Å². The van der Waals surface area contributed by atoms with Gasteiger partial charge in [-0.1, -0.05) is 48.0 Å². The number of aryl methyl sites for hydroxylation is 3. The van der Waals surface area contributed by atoms with Gasteiger partial charge in [0.1, 0.15) is 0 Å². The quantitative estimate of drug-likeness (QED) is 0.421. The fourth-order valence-corrected chi connectivity index (χ4v) is 5.34. The number of hydrazone groups is 1. The largest absolute Gasteiger partial charge is 0.272 e. The summed E-state index contributed by atoms with van der Waals surface area (Å²) in [6, 6.07) is 16.3. The molecule has 0 saturated heterocycles. The van der Waals surface area contributed by atoms with E-state index in [4.69, 9.17) is 0 Å². The summed E-state index contributed by atoms with van der Waals surface area (Å²) < 4.78 is 28.4. The molecule has 0 aliphatic carbocycles. The number of hydrogen-bond acceptors (Lipinski definition) is 5. The molecule has 1 aromatic heterocycles. The Kier molecular flexibility index (Phi) is 7.50. The van der Waals surface area contributed by atoms with Gasteiger partial charge in [0.2, 0.25) is 10.0 Å². The minimum Gasteiger partial charge on any atom is -0.272 e. The topological polar surface area (TPSA) is 91.7 Å². The van der Waals surface area contributed by atoms with Crippen molar-refractivity contribution < 1.29 is 13.2 Å². The van der Waals surface area contributed by atoms with Crippen molar-refractivity contribution in [2.24, 2.45) is 5.10 Å². The minimum absolute atomic E-state index is 0.0669. The van der Waals surface area contributed by atoms with Crippen LogP contribution in [0.2, 0.25) is 0 Å². The van der Waals surface area contributed by atoms with Crippen LogP contribution in [0.3, 0.4) is 0 Å². The molecule has 8 heteroatoms. The maximum atomic E-state index is 13.6. The van der Waals surface area contributed by atoms with Crippen LogP contribution in [0.15, 0.2) is 77.0 Å². The third-order valence-corrected chi connectivity index (χ3v) is 6.93. The van der Waals surface area contributed by atoms with Crippen LogP contribution in [0.4, 0.5) is 0 Å². The van der Waals surface area contributed by atoms with Crippen molar-refractivity contribution in [1.82, 2.24) is 14.7 Å². The number of aromatic nitrogens is 1. The highest BCUT2D eigenvalue weighted by Gasteiger charge is 2.29. The normalized spacial score (nSPS) is 11.8. The third kappa shape index (κ3) is 5.87. The van der Waals surface area contributed by atoms with Crippen molar-refractivity contribution in [3.8, 4) is 0 Å². The van der Waals surface area contributed by atoms with Gasteiger partial charge < -0.3 is 0 Å². The van der Waals surface area contributed by atoms with Gasteiger partial charge in [0.25, 0.3) is 5.91 Å². The second kappa shape index (κ2) is 10.3. The predicted molar refractivity (Wildman–Crippen MR) is 125 cm³/mol. The fraction of sp³-hybridized carbons (Fsp3) is 0.208. The third-order valence-electron chi connectivity index (χ3n) is 4.83. The van der Waals surface area contributed by atoms with Crippen molar-refractivity contribution in [1.29, 1.82) is 0 Å². The number of nitrogens with zero attached hydrogens (tertiary/aromatic N) is 3. The zero-order chi connectivity index (χ0) is 23.1. The van der Waals surface area contributed by atoms with Gasteiger partial charge in [-0.2, -0.15) is 9.41 Å². The maximum Gasteiger partial charge on any atom is 0.255 e. The molecule has 0 fully saturated rings. The first-order valence-electron chi connectivity index (χ1n) is 10.1. The number of nitrogens with one attached hydrogen (secondary N) is 1. The van der Waals surface area contributed by atoms with Crippen molar-refractivity contribution in [3.05, 3.63) is 94.8 Å². The molecular weight excluding hydrogens is 424 g/mol. The van der Waals surface area contributed by atoms with Crippen molar-refractivity contribution in [2.75, 3.05) is 6.54 Å². The SMILES string of the molecule is Cc1cc(C)c(S(=O)(=O)N(CC(=O)N/N=C\c2ccncc2)Cc2ccccc2)c(C)c1. The lowest BCUT2D eigenvalue weighted by Gasteiger charge is -2.24. The fourth-order valence-electron chi connectivity index (χ4n) is 3.54. The van der Waals surface area contributed by atoms with Gasteiger partial charge in [0, 0.05) is 18.9 Å². The van der Waals surface area contributed by atoms with E-state index in [1.54, 1.807) is 38.4 Å². The Hall–Kier alpha value is -3.36. The smallest absolute Gasteiger partial charge is 0.255 e. The first-order chi connectivity index (χ1) is 15.3. The lowest BCUT2D eigenvalue weighted by atomic mass is 10.1. The van der Waals surface area contributed by atoms with E-state index in [9.17, 15) is 13.2 Å². The van der Waals surface area contributed by atoms with Gasteiger partial charge in [0.05, 0.1) is 17.7 Å². The molecule has 1 N–H and O–H groups in total. The number of carbonyl (C=O) groups is 1.